The minimum Gasteiger partial charge on any atom is -0.462 e. The number of carbonyl (C=O) groups excluding carboxylic acids is 4. The molecule has 0 aliphatic rings. The predicted octanol–water partition coefficient (Wildman–Crippen LogP) is 19.1. The van der Waals surface area contributed by atoms with Gasteiger partial charge in [0.15, 0.2) is 12.2 Å². The topological polar surface area (TPSA) is 237 Å². The Labute approximate surface area is 530 Å². The molecule has 3 unspecified atom stereocenters. The van der Waals surface area contributed by atoms with Crippen LogP contribution in [-0.2, 0) is 65.4 Å². The molecule has 17 nitrogen and oxygen atoms in total. The van der Waals surface area contributed by atoms with Crippen LogP contribution in [0.5, 0.6) is 0 Å². The van der Waals surface area contributed by atoms with Crippen LogP contribution in [-0.4, -0.2) is 96.7 Å². The Hall–Kier alpha value is -1.94. The van der Waals surface area contributed by atoms with Gasteiger partial charge in [0.1, 0.15) is 19.3 Å². The lowest BCUT2D eigenvalue weighted by Gasteiger charge is -2.21. The second-order valence-corrected chi connectivity index (χ2v) is 28.7. The van der Waals surface area contributed by atoms with E-state index in [1.807, 2.05) is 0 Å². The van der Waals surface area contributed by atoms with Crippen molar-refractivity contribution in [3.63, 3.8) is 0 Å². The van der Waals surface area contributed by atoms with E-state index in [0.717, 1.165) is 102 Å². The molecule has 0 aliphatic heterocycles. The van der Waals surface area contributed by atoms with Gasteiger partial charge in [-0.2, -0.15) is 0 Å². The Morgan fingerprint density at radius 3 is 0.874 bits per heavy atom. The van der Waals surface area contributed by atoms with E-state index in [-0.39, 0.29) is 25.7 Å². The minimum atomic E-state index is -4.95. The van der Waals surface area contributed by atoms with Crippen LogP contribution in [0.3, 0.4) is 0 Å². The number of phosphoric ester groups is 2. The van der Waals surface area contributed by atoms with Gasteiger partial charge in [-0.15, -0.1) is 0 Å². The predicted molar refractivity (Wildman–Crippen MR) is 349 cm³/mol. The van der Waals surface area contributed by atoms with Crippen LogP contribution in [0.25, 0.3) is 0 Å². The first kappa shape index (κ1) is 85.1. The van der Waals surface area contributed by atoms with E-state index in [0.29, 0.717) is 37.5 Å². The van der Waals surface area contributed by atoms with Crippen molar-refractivity contribution in [3.8, 4) is 0 Å². The summed E-state index contributed by atoms with van der Waals surface area (Å²) in [5, 5.41) is 10.6. The number of hydrogen-bond donors (Lipinski definition) is 3. The van der Waals surface area contributed by atoms with E-state index in [9.17, 15) is 43.2 Å². The zero-order chi connectivity index (χ0) is 64.5. The number of phosphoric acid groups is 2. The molecule has 0 bridgehead atoms. The molecule has 6 atom stereocenters. The molecule has 0 rings (SSSR count). The zero-order valence-electron chi connectivity index (χ0n) is 56.5. The molecule has 0 heterocycles. The van der Waals surface area contributed by atoms with Gasteiger partial charge in [-0.3, -0.25) is 37.3 Å². The highest BCUT2D eigenvalue weighted by Gasteiger charge is 2.30. The van der Waals surface area contributed by atoms with Crippen molar-refractivity contribution in [3.05, 3.63) is 0 Å². The van der Waals surface area contributed by atoms with Gasteiger partial charge >= 0.3 is 39.5 Å². The normalized spacial score (nSPS) is 14.6. The van der Waals surface area contributed by atoms with Gasteiger partial charge < -0.3 is 33.8 Å². The van der Waals surface area contributed by atoms with Crippen LogP contribution in [0.15, 0.2) is 0 Å². The highest BCUT2D eigenvalue weighted by atomic mass is 31.2. The molecule has 0 saturated carbocycles. The number of ether oxygens (including phenoxy) is 4. The van der Waals surface area contributed by atoms with Crippen LogP contribution < -0.4 is 0 Å². The number of rotatable bonds is 66. The quantitative estimate of drug-likeness (QED) is 0.0222. The van der Waals surface area contributed by atoms with Crippen molar-refractivity contribution in [2.45, 2.75) is 356 Å². The fourth-order valence-electron chi connectivity index (χ4n) is 10.2. The van der Waals surface area contributed by atoms with E-state index in [2.05, 4.69) is 48.5 Å². The standard InChI is InChI=1S/C68H132O17P2/c1-8-10-11-12-13-14-15-16-17-18-22-27-35-42-49-65(70)78-55-63(84-67(72)51-44-37-28-23-20-19-21-26-34-41-48-61(7)9-2)57-82-86(74,75)80-53-62(69)54-81-87(76,77)83-58-64(56-79-66(71)50-43-36-31-30-33-40-47-60(5)6)85-68(73)52-45-38-29-24-25-32-39-46-59(3)4/h59-64,69H,8-58H2,1-7H3,(H,74,75)(H,76,77)/t61?,62-,63-,64-/m1/s1. The van der Waals surface area contributed by atoms with Crippen LogP contribution in [0.4, 0.5) is 0 Å². The van der Waals surface area contributed by atoms with Gasteiger partial charge in [0.25, 0.3) is 0 Å². The lowest BCUT2D eigenvalue weighted by atomic mass is 9.99. The van der Waals surface area contributed by atoms with Crippen LogP contribution in [0, 0.1) is 17.8 Å². The maximum absolute atomic E-state index is 13.0. The Morgan fingerprint density at radius 1 is 0.333 bits per heavy atom. The molecule has 516 valence electrons. The van der Waals surface area contributed by atoms with E-state index < -0.39 is 97.5 Å². The number of carbonyl (C=O) groups is 4. The summed E-state index contributed by atoms with van der Waals surface area (Å²) in [6, 6.07) is 0. The van der Waals surface area contributed by atoms with E-state index in [4.69, 9.17) is 37.0 Å². The molecular weight excluding hydrogens is 1150 g/mol. The Balaban J connectivity index is 5.24. The molecule has 0 spiro atoms. The van der Waals surface area contributed by atoms with Gasteiger partial charge in [-0.25, -0.2) is 9.13 Å². The molecule has 87 heavy (non-hydrogen) atoms. The van der Waals surface area contributed by atoms with Crippen molar-refractivity contribution >= 4 is 39.5 Å². The second kappa shape index (κ2) is 59.1. The summed E-state index contributed by atoms with van der Waals surface area (Å²) in [6.45, 7) is 11.7. The largest absolute Gasteiger partial charge is 0.472 e. The van der Waals surface area contributed by atoms with Crippen molar-refractivity contribution in [1.29, 1.82) is 0 Å². The first-order valence-electron chi connectivity index (χ1n) is 35.4. The molecule has 0 aromatic heterocycles. The highest BCUT2D eigenvalue weighted by Crippen LogP contribution is 2.45. The summed E-state index contributed by atoms with van der Waals surface area (Å²) >= 11 is 0. The Bertz CT molecular complexity index is 1720. The van der Waals surface area contributed by atoms with Crippen molar-refractivity contribution in [1.82, 2.24) is 0 Å². The van der Waals surface area contributed by atoms with Crippen molar-refractivity contribution in [2.75, 3.05) is 39.6 Å². The average molecular weight is 1280 g/mol. The lowest BCUT2D eigenvalue weighted by molar-refractivity contribution is -0.161. The van der Waals surface area contributed by atoms with Gasteiger partial charge in [0, 0.05) is 25.7 Å². The van der Waals surface area contributed by atoms with Crippen LogP contribution in [0.2, 0.25) is 0 Å². The molecule has 0 aliphatic carbocycles. The number of hydrogen-bond acceptors (Lipinski definition) is 15. The third kappa shape index (κ3) is 61.3. The van der Waals surface area contributed by atoms with Crippen LogP contribution >= 0.6 is 15.6 Å². The summed E-state index contributed by atoms with van der Waals surface area (Å²) < 4.78 is 68.1. The van der Waals surface area contributed by atoms with E-state index in [1.165, 1.54) is 141 Å². The number of aliphatic hydroxyl groups is 1. The zero-order valence-corrected chi connectivity index (χ0v) is 58.3. The minimum absolute atomic E-state index is 0.102. The first-order chi connectivity index (χ1) is 41.8. The Kier molecular flexibility index (Phi) is 57.8. The number of aliphatic hydroxyl groups excluding tert-OH is 1. The summed E-state index contributed by atoms with van der Waals surface area (Å²) in [7, 11) is -9.90. The molecular formula is C68H132O17P2. The van der Waals surface area contributed by atoms with Gasteiger partial charge in [-0.05, 0) is 43.4 Å². The van der Waals surface area contributed by atoms with Gasteiger partial charge in [0.2, 0.25) is 0 Å². The molecule has 0 aromatic rings. The van der Waals surface area contributed by atoms with Crippen molar-refractivity contribution < 1.29 is 80.2 Å². The van der Waals surface area contributed by atoms with E-state index >= 15 is 0 Å². The van der Waals surface area contributed by atoms with Gasteiger partial charge in [-0.1, -0.05) is 286 Å². The number of esters is 4. The second-order valence-electron chi connectivity index (χ2n) is 25.8. The van der Waals surface area contributed by atoms with E-state index in [1.54, 1.807) is 0 Å². The fourth-order valence-corrected chi connectivity index (χ4v) is 11.7. The SMILES string of the molecule is CCCCCCCCCCCCCCCCC(=O)OC[C@H](COP(=O)(O)OC[C@@H](O)COP(=O)(O)OC[C@@H](COC(=O)CCCCCCCCC(C)C)OC(=O)CCCCCCCCCC(C)C)OC(=O)CCCCCCCCCCCCC(C)CC. The highest BCUT2D eigenvalue weighted by molar-refractivity contribution is 7.47. The first-order valence-corrected chi connectivity index (χ1v) is 38.4. The summed E-state index contributed by atoms with van der Waals surface area (Å²) in [6.07, 6.45) is 41.8. The molecule has 0 fully saturated rings. The third-order valence-corrected chi connectivity index (χ3v) is 17.9. The molecule has 0 aromatic carbocycles. The Morgan fingerprint density at radius 2 is 0.586 bits per heavy atom. The summed E-state index contributed by atoms with van der Waals surface area (Å²) in [4.78, 5) is 72.4. The fraction of sp³-hybridized carbons (Fsp3) is 0.941. The van der Waals surface area contributed by atoms with Crippen molar-refractivity contribution in [2.24, 2.45) is 17.8 Å². The average Bonchev–Trinajstić information content (AvgIpc) is 3.70. The van der Waals surface area contributed by atoms with Crippen LogP contribution in [0.1, 0.15) is 337 Å². The number of unbranched alkanes of at least 4 members (excludes halogenated alkanes) is 33. The monoisotopic (exact) mass is 1280 g/mol. The summed E-state index contributed by atoms with van der Waals surface area (Å²) in [5.41, 5.74) is 0. The molecule has 0 saturated heterocycles. The van der Waals surface area contributed by atoms with Gasteiger partial charge in [0.05, 0.1) is 26.4 Å². The molecule has 0 amide bonds. The lowest BCUT2D eigenvalue weighted by Crippen LogP contribution is -2.30. The maximum Gasteiger partial charge on any atom is 0.472 e. The maximum atomic E-state index is 13.0. The molecule has 3 N–H and O–H groups in total. The third-order valence-electron chi connectivity index (χ3n) is 16.0. The molecule has 0 radical (unpaired) electrons. The smallest absolute Gasteiger partial charge is 0.462 e. The molecule has 19 heteroatoms. The summed E-state index contributed by atoms with van der Waals surface area (Å²) in [5.74, 6) is 0.0456.